The fraction of sp³-hybridized carbons (Fsp3) is 0.786. The van der Waals surface area contributed by atoms with E-state index in [1.807, 2.05) is 68.1 Å². The number of hydrogen-bond donors (Lipinski definition) is 2. The maximum atomic E-state index is 14.4. The Balaban J connectivity index is 1.54. The number of benzene rings is 1. The van der Waals surface area contributed by atoms with E-state index in [1.54, 1.807) is 27.9 Å². The van der Waals surface area contributed by atoms with Crippen molar-refractivity contribution in [3.63, 3.8) is 0 Å². The topological polar surface area (TPSA) is 130 Å². The lowest BCUT2D eigenvalue weighted by atomic mass is 9.74. The number of carbonyl (C=O) groups is 3. The average Bonchev–Trinajstić information content (AvgIpc) is 3.14. The highest BCUT2D eigenvalue weighted by Gasteiger charge is 2.51. The maximum Gasteiger partial charge on any atom is 0.319 e. The molecule has 3 aliphatic heterocycles. The molecule has 1 aromatic carbocycles. The van der Waals surface area contributed by atoms with E-state index in [9.17, 15) is 19.5 Å². The number of likely N-dealkylation sites (N-methyl/N-ethyl adjacent to an activating group) is 1. The number of aliphatic hydroxyl groups excluding tert-OH is 1. The molecule has 0 unspecified atom stereocenters. The van der Waals surface area contributed by atoms with Gasteiger partial charge in [0.05, 0.1) is 17.8 Å². The van der Waals surface area contributed by atoms with Crippen LogP contribution in [0.25, 0.3) is 0 Å². The first kappa shape index (κ1) is 44.1. The number of methoxy groups -OCH3 is 1. The third kappa shape index (κ3) is 11.0. The molecule has 306 valence electrons. The number of urea groups is 1. The molecule has 3 heterocycles. The number of nitrogens with one attached hydrogen (secondary N) is 1. The summed E-state index contributed by atoms with van der Waals surface area (Å²) in [5, 5.41) is 14.5. The Labute approximate surface area is 324 Å². The van der Waals surface area contributed by atoms with E-state index in [0.717, 1.165) is 44.3 Å². The molecule has 2 N–H and O–H groups in total. The molecule has 12 nitrogen and oxygen atoms in total. The normalized spacial score (nSPS) is 33.7. The van der Waals surface area contributed by atoms with Crippen LogP contribution in [0.1, 0.15) is 92.6 Å². The van der Waals surface area contributed by atoms with Gasteiger partial charge < -0.3 is 39.2 Å². The number of Topliss-reactive ketones (excluding diaryl/α,β-unsaturated/α-hetero) is 1. The number of ketones is 1. The standard InChI is InChI=1S/C42H70N4O8/c1-11-19-46-26-28(2)24-42(7,51-10)37(54-38-35(47)34(44(8)9)22-29(3)53-38)30(4)36(48)41(5,6)39(49)52-27-33(46)23-31-17-20-45(21-18-31)40(50)43-25-32-15-13-12-14-16-32/h12-16,28-31,33-35,37-38,47H,11,17-27H2,1-10H3,(H,43,50)/t28-,29-,30+,33-,34+,35-,37-,38+,42-/m1/s1. The number of amides is 2. The largest absolute Gasteiger partial charge is 0.463 e. The second-order valence-corrected chi connectivity index (χ2v) is 17.3. The quantitative estimate of drug-likeness (QED) is 0.246. The molecule has 2 amide bonds. The van der Waals surface area contributed by atoms with Crippen LogP contribution in [0, 0.1) is 23.2 Å². The van der Waals surface area contributed by atoms with Crippen molar-refractivity contribution in [2.45, 2.75) is 136 Å². The van der Waals surface area contributed by atoms with Gasteiger partial charge in [0.2, 0.25) is 0 Å². The first-order valence-corrected chi connectivity index (χ1v) is 20.2. The van der Waals surface area contributed by atoms with Crippen molar-refractivity contribution in [3.05, 3.63) is 35.9 Å². The fourth-order valence-electron chi connectivity index (χ4n) is 8.90. The van der Waals surface area contributed by atoms with Gasteiger partial charge in [-0.15, -0.1) is 0 Å². The van der Waals surface area contributed by atoms with Crippen LogP contribution in [-0.4, -0.2) is 134 Å². The number of piperidine rings is 1. The first-order valence-electron chi connectivity index (χ1n) is 20.2. The minimum Gasteiger partial charge on any atom is -0.463 e. The number of rotatable bonds is 10. The third-order valence-electron chi connectivity index (χ3n) is 12.1. The molecule has 0 aliphatic carbocycles. The Morgan fingerprint density at radius 2 is 1.74 bits per heavy atom. The van der Waals surface area contributed by atoms with Crippen molar-refractivity contribution in [3.8, 4) is 0 Å². The Morgan fingerprint density at radius 1 is 1.07 bits per heavy atom. The van der Waals surface area contributed by atoms with Crippen LogP contribution in [0.4, 0.5) is 4.79 Å². The molecule has 0 spiro atoms. The highest BCUT2D eigenvalue weighted by Crippen LogP contribution is 2.39. The van der Waals surface area contributed by atoms with E-state index in [1.165, 1.54) is 0 Å². The summed E-state index contributed by atoms with van der Waals surface area (Å²) in [4.78, 5) is 47.7. The lowest BCUT2D eigenvalue weighted by Crippen LogP contribution is -2.59. The number of likely N-dealkylation sites (tertiary alicyclic amines) is 1. The lowest BCUT2D eigenvalue weighted by molar-refractivity contribution is -0.295. The van der Waals surface area contributed by atoms with E-state index in [2.05, 4.69) is 24.1 Å². The average molecular weight is 759 g/mol. The minimum absolute atomic E-state index is 0.0454. The van der Waals surface area contributed by atoms with Crippen molar-refractivity contribution in [1.82, 2.24) is 20.0 Å². The smallest absolute Gasteiger partial charge is 0.319 e. The monoisotopic (exact) mass is 759 g/mol. The number of nitrogens with zero attached hydrogens (tertiary/aromatic N) is 3. The predicted molar refractivity (Wildman–Crippen MR) is 209 cm³/mol. The van der Waals surface area contributed by atoms with Gasteiger partial charge in [-0.1, -0.05) is 51.1 Å². The SMILES string of the molecule is CCCN1C[C@H](C)C[C@@](C)(OC)[C@H](O[C@@H]2O[C@H](C)C[C@H](N(C)C)[C@H]2O)[C@@H](C)C(=O)C(C)(C)C(=O)OC[C@H]1CC1CCN(C(=O)NCc2ccccc2)CC1. The summed E-state index contributed by atoms with van der Waals surface area (Å²) in [6.45, 7) is 16.9. The van der Waals surface area contributed by atoms with Gasteiger partial charge in [-0.2, -0.15) is 0 Å². The maximum absolute atomic E-state index is 14.4. The van der Waals surface area contributed by atoms with Crippen LogP contribution in [0.15, 0.2) is 30.3 Å². The van der Waals surface area contributed by atoms with Gasteiger partial charge in [0, 0.05) is 51.3 Å². The first-order chi connectivity index (χ1) is 25.5. The van der Waals surface area contributed by atoms with Crippen LogP contribution < -0.4 is 5.32 Å². The third-order valence-corrected chi connectivity index (χ3v) is 12.1. The zero-order valence-electron chi connectivity index (χ0n) is 34.7. The molecule has 3 fully saturated rings. The van der Waals surface area contributed by atoms with Gasteiger partial charge in [-0.25, -0.2) is 4.79 Å². The molecule has 3 saturated heterocycles. The van der Waals surface area contributed by atoms with Crippen LogP contribution in [0.3, 0.4) is 0 Å². The van der Waals surface area contributed by atoms with Gasteiger partial charge in [0.1, 0.15) is 18.1 Å². The molecule has 4 rings (SSSR count). The minimum atomic E-state index is -1.46. The summed E-state index contributed by atoms with van der Waals surface area (Å²) in [5.74, 6) is -1.19. The number of aliphatic hydroxyl groups is 1. The van der Waals surface area contributed by atoms with Gasteiger partial charge in [-0.3, -0.25) is 14.5 Å². The van der Waals surface area contributed by atoms with E-state index < -0.39 is 41.4 Å². The van der Waals surface area contributed by atoms with Gasteiger partial charge in [0.15, 0.2) is 12.1 Å². The summed E-state index contributed by atoms with van der Waals surface area (Å²) < 4.78 is 25.3. The van der Waals surface area contributed by atoms with Crippen LogP contribution in [0.5, 0.6) is 0 Å². The van der Waals surface area contributed by atoms with E-state index in [4.69, 9.17) is 18.9 Å². The molecule has 1 aromatic rings. The molecule has 0 radical (unpaired) electrons. The Morgan fingerprint density at radius 3 is 2.35 bits per heavy atom. The van der Waals surface area contributed by atoms with Crippen LogP contribution >= 0.6 is 0 Å². The molecule has 12 heteroatoms. The lowest BCUT2D eigenvalue weighted by Gasteiger charge is -2.47. The summed E-state index contributed by atoms with van der Waals surface area (Å²) in [6.07, 6.45) is 1.75. The predicted octanol–water partition coefficient (Wildman–Crippen LogP) is 5.11. The number of ether oxygens (including phenoxy) is 4. The summed E-state index contributed by atoms with van der Waals surface area (Å²) in [5.41, 5.74) is -1.35. The van der Waals surface area contributed by atoms with E-state index in [0.29, 0.717) is 38.4 Å². The highest BCUT2D eigenvalue weighted by molar-refractivity contribution is 6.04. The zero-order valence-corrected chi connectivity index (χ0v) is 34.7. The van der Waals surface area contributed by atoms with E-state index in [-0.39, 0.29) is 42.5 Å². The van der Waals surface area contributed by atoms with Gasteiger partial charge >= 0.3 is 12.0 Å². The number of esters is 1. The van der Waals surface area contributed by atoms with Crippen molar-refractivity contribution >= 4 is 17.8 Å². The summed E-state index contributed by atoms with van der Waals surface area (Å²) in [7, 11) is 5.49. The number of carbonyl (C=O) groups excluding carboxylic acids is 3. The van der Waals surface area contributed by atoms with Gasteiger partial charge in [0.25, 0.3) is 0 Å². The molecular formula is C42H70N4O8. The van der Waals surface area contributed by atoms with Crippen molar-refractivity contribution in [2.24, 2.45) is 23.2 Å². The zero-order chi connectivity index (χ0) is 39.8. The molecular weight excluding hydrogens is 688 g/mol. The highest BCUT2D eigenvalue weighted by atomic mass is 16.7. The van der Waals surface area contributed by atoms with E-state index >= 15 is 0 Å². The Kier molecular flexibility index (Phi) is 15.9. The van der Waals surface area contributed by atoms with Crippen molar-refractivity contribution in [2.75, 3.05) is 54.0 Å². The van der Waals surface area contributed by atoms with Gasteiger partial charge in [-0.05, 0) is 104 Å². The Hall–Kier alpha value is -2.61. The number of hydrogen-bond acceptors (Lipinski definition) is 10. The fourth-order valence-corrected chi connectivity index (χ4v) is 8.90. The molecule has 9 atom stereocenters. The van der Waals surface area contributed by atoms with Crippen molar-refractivity contribution < 1.29 is 38.4 Å². The van der Waals surface area contributed by atoms with Crippen LogP contribution in [0.2, 0.25) is 0 Å². The Bertz CT molecular complexity index is 1350. The van der Waals surface area contributed by atoms with Crippen LogP contribution in [-0.2, 0) is 35.1 Å². The second-order valence-electron chi connectivity index (χ2n) is 17.3. The molecule has 0 saturated carbocycles. The molecule has 3 aliphatic rings. The number of cyclic esters (lactones) is 1. The second kappa shape index (κ2) is 19.5. The van der Waals surface area contributed by atoms with Crippen molar-refractivity contribution in [1.29, 1.82) is 0 Å². The summed E-state index contributed by atoms with van der Waals surface area (Å²) >= 11 is 0. The molecule has 54 heavy (non-hydrogen) atoms. The summed E-state index contributed by atoms with van der Waals surface area (Å²) in [6, 6.07) is 9.62. The molecule has 0 aromatic heterocycles. The molecule has 0 bridgehead atoms.